The number of ether oxygens (including phenoxy) is 1. The van der Waals surface area contributed by atoms with E-state index in [-0.39, 0.29) is 11.9 Å². The van der Waals surface area contributed by atoms with Gasteiger partial charge in [-0.05, 0) is 25.0 Å². The van der Waals surface area contributed by atoms with E-state index in [0.29, 0.717) is 6.61 Å². The fraction of sp³-hybridized carbons (Fsp3) is 0.350. The highest BCUT2D eigenvalue weighted by Crippen LogP contribution is 2.48. The van der Waals surface area contributed by atoms with Crippen molar-refractivity contribution in [1.29, 1.82) is 0 Å². The van der Waals surface area contributed by atoms with Gasteiger partial charge in [0.05, 0.1) is 18.5 Å². The van der Waals surface area contributed by atoms with E-state index in [1.54, 1.807) is 6.21 Å². The fourth-order valence-corrected chi connectivity index (χ4v) is 4.36. The van der Waals surface area contributed by atoms with Crippen LogP contribution in [-0.2, 0) is 16.0 Å². The lowest BCUT2D eigenvalue weighted by Gasteiger charge is -2.27. The zero-order chi connectivity index (χ0) is 18.3. The monoisotopic (exact) mass is 369 g/mol. The second-order valence-corrected chi connectivity index (χ2v) is 7.10. The average molecular weight is 370 g/mol. The third-order valence-corrected chi connectivity index (χ3v) is 5.70. The number of halogens is 1. The van der Waals surface area contributed by atoms with Gasteiger partial charge in [0.15, 0.2) is 0 Å². The number of esters is 1. The van der Waals surface area contributed by atoms with Crippen molar-refractivity contribution in [2.75, 3.05) is 13.7 Å². The van der Waals surface area contributed by atoms with Gasteiger partial charge in [-0.25, -0.2) is 0 Å². The van der Waals surface area contributed by atoms with Gasteiger partial charge in [0.25, 0.3) is 0 Å². The standard InChI is InChI=1S/C20H20ClN3O2/c1-3-26-20(25)17-16-13(9-12-7-5-4-6-8-12)10-15-14(11-22-23-15)18(16)24(2)19(17)21/h4-8,10-11,16-17,19H,3,9H2,1-2H3. The molecular weight excluding hydrogens is 350 g/mol. The quantitative estimate of drug-likeness (QED) is 0.465. The minimum atomic E-state index is -0.464. The molecule has 6 heteroatoms. The minimum absolute atomic E-state index is 0.125. The van der Waals surface area contributed by atoms with Gasteiger partial charge in [-0.15, -0.1) is 0 Å². The molecule has 3 atom stereocenters. The normalized spacial score (nSPS) is 26.4. The smallest absolute Gasteiger partial charge is 0.313 e. The van der Waals surface area contributed by atoms with E-state index in [9.17, 15) is 4.79 Å². The van der Waals surface area contributed by atoms with Gasteiger partial charge in [-0.2, -0.15) is 10.2 Å². The second kappa shape index (κ2) is 6.72. The zero-order valence-electron chi connectivity index (χ0n) is 14.7. The van der Waals surface area contributed by atoms with Crippen molar-refractivity contribution < 1.29 is 9.53 Å². The number of likely N-dealkylation sites (tertiary alicyclic amines) is 1. The fourth-order valence-electron chi connectivity index (χ4n) is 4.00. The first-order chi connectivity index (χ1) is 12.6. The summed E-state index contributed by atoms with van der Waals surface area (Å²) in [5.74, 6) is -0.830. The summed E-state index contributed by atoms with van der Waals surface area (Å²) in [4.78, 5) is 14.7. The Morgan fingerprint density at radius 2 is 2.08 bits per heavy atom. The van der Waals surface area contributed by atoms with E-state index in [1.807, 2.05) is 37.1 Å². The maximum atomic E-state index is 12.7. The van der Waals surface area contributed by atoms with Crippen molar-refractivity contribution in [3.05, 3.63) is 58.8 Å². The second-order valence-electron chi connectivity index (χ2n) is 6.65. The molecule has 134 valence electrons. The Morgan fingerprint density at radius 1 is 1.31 bits per heavy atom. The van der Waals surface area contributed by atoms with Crippen LogP contribution >= 0.6 is 11.6 Å². The van der Waals surface area contributed by atoms with Crippen molar-refractivity contribution in [1.82, 2.24) is 4.90 Å². The molecule has 0 N–H and O–H groups in total. The number of rotatable bonds is 4. The predicted molar refractivity (Wildman–Crippen MR) is 102 cm³/mol. The third kappa shape index (κ3) is 2.67. The van der Waals surface area contributed by atoms with Crippen LogP contribution < -0.4 is 0 Å². The van der Waals surface area contributed by atoms with Crippen molar-refractivity contribution in [3.63, 3.8) is 0 Å². The number of nitrogens with zero attached hydrogens (tertiary/aromatic N) is 3. The highest BCUT2D eigenvalue weighted by molar-refractivity contribution is 6.26. The van der Waals surface area contributed by atoms with Gasteiger partial charge in [0, 0.05) is 24.2 Å². The van der Waals surface area contributed by atoms with Crippen LogP contribution in [0.25, 0.3) is 0 Å². The number of alkyl halides is 1. The van der Waals surface area contributed by atoms with Crippen LogP contribution in [-0.4, -0.2) is 42.0 Å². The number of benzene rings is 1. The van der Waals surface area contributed by atoms with Gasteiger partial charge in [-0.3, -0.25) is 4.79 Å². The Kier molecular flexibility index (Phi) is 4.41. The summed E-state index contributed by atoms with van der Waals surface area (Å²) in [6.07, 6.45) is 4.54. The molecule has 0 saturated carbocycles. The maximum absolute atomic E-state index is 12.7. The van der Waals surface area contributed by atoms with Crippen LogP contribution in [0, 0.1) is 11.8 Å². The summed E-state index contributed by atoms with van der Waals surface area (Å²) in [5, 5.41) is 8.31. The summed E-state index contributed by atoms with van der Waals surface area (Å²) < 4.78 is 5.34. The van der Waals surface area contributed by atoms with Gasteiger partial charge >= 0.3 is 5.97 Å². The molecule has 3 aliphatic rings. The van der Waals surface area contributed by atoms with Gasteiger partial charge < -0.3 is 9.64 Å². The molecule has 0 amide bonds. The van der Waals surface area contributed by atoms with Crippen LogP contribution in [0.4, 0.5) is 0 Å². The van der Waals surface area contributed by atoms with Crippen LogP contribution in [0.2, 0.25) is 0 Å². The lowest BCUT2D eigenvalue weighted by atomic mass is 9.78. The van der Waals surface area contributed by atoms with E-state index < -0.39 is 11.4 Å². The molecule has 2 aliphatic heterocycles. The molecule has 1 aromatic carbocycles. The van der Waals surface area contributed by atoms with Crippen LogP contribution in [0.15, 0.2) is 63.5 Å². The van der Waals surface area contributed by atoms with Gasteiger partial charge in [0.2, 0.25) is 0 Å². The molecule has 3 unspecified atom stereocenters. The highest BCUT2D eigenvalue weighted by Gasteiger charge is 2.51. The SMILES string of the molecule is CCOC(=O)C1C2C(Cc3ccccc3)=CC3=NN=CC3=C2N(C)C1Cl. The average Bonchev–Trinajstić information content (AvgIpc) is 3.19. The Balaban J connectivity index is 1.78. The topological polar surface area (TPSA) is 54.3 Å². The Bertz CT molecular complexity index is 857. The summed E-state index contributed by atoms with van der Waals surface area (Å²) in [5.41, 5.74) is 4.64. The highest BCUT2D eigenvalue weighted by atomic mass is 35.5. The summed E-state index contributed by atoms with van der Waals surface area (Å²) in [6, 6.07) is 10.2. The van der Waals surface area contributed by atoms with E-state index in [2.05, 4.69) is 28.4 Å². The number of hydrogen-bond donors (Lipinski definition) is 0. The van der Waals surface area contributed by atoms with E-state index in [4.69, 9.17) is 16.3 Å². The molecule has 26 heavy (non-hydrogen) atoms. The number of fused-ring (bicyclic) bond motifs is 2. The van der Waals surface area contributed by atoms with Crippen LogP contribution in [0.3, 0.4) is 0 Å². The van der Waals surface area contributed by atoms with Crippen LogP contribution in [0.1, 0.15) is 12.5 Å². The summed E-state index contributed by atoms with van der Waals surface area (Å²) >= 11 is 6.67. The van der Waals surface area contributed by atoms with E-state index in [0.717, 1.165) is 29.0 Å². The molecule has 5 nitrogen and oxygen atoms in total. The first-order valence-electron chi connectivity index (χ1n) is 8.75. The molecular formula is C20H20ClN3O2. The Hall–Kier alpha value is -2.40. The molecule has 1 saturated heterocycles. The molecule has 1 aromatic rings. The molecule has 2 heterocycles. The number of allylic oxidation sites excluding steroid dienone is 3. The predicted octanol–water partition coefficient (Wildman–Crippen LogP) is 3.17. The van der Waals surface area contributed by atoms with Crippen LogP contribution in [0.5, 0.6) is 0 Å². The largest absolute Gasteiger partial charge is 0.466 e. The number of carbonyl (C=O) groups excluding carboxylic acids is 1. The summed E-state index contributed by atoms with van der Waals surface area (Å²) in [7, 11) is 1.92. The lowest BCUT2D eigenvalue weighted by molar-refractivity contribution is -0.148. The lowest BCUT2D eigenvalue weighted by Crippen LogP contribution is -2.32. The molecule has 0 aromatic heterocycles. The minimum Gasteiger partial charge on any atom is -0.466 e. The van der Waals surface area contributed by atoms with Gasteiger partial charge in [-0.1, -0.05) is 47.5 Å². The van der Waals surface area contributed by atoms with Crippen molar-refractivity contribution in [3.8, 4) is 0 Å². The molecule has 4 rings (SSSR count). The Labute approximate surface area is 157 Å². The van der Waals surface area contributed by atoms with Crippen molar-refractivity contribution in [2.24, 2.45) is 22.0 Å². The third-order valence-electron chi connectivity index (χ3n) is 5.14. The molecule has 1 aliphatic carbocycles. The van der Waals surface area contributed by atoms with Gasteiger partial charge in [0.1, 0.15) is 11.4 Å². The van der Waals surface area contributed by atoms with Crippen molar-refractivity contribution >= 4 is 29.5 Å². The molecule has 1 fully saturated rings. The summed E-state index contributed by atoms with van der Waals surface area (Å²) in [6.45, 7) is 2.16. The Morgan fingerprint density at radius 3 is 2.81 bits per heavy atom. The number of hydrogen-bond acceptors (Lipinski definition) is 5. The molecule has 0 spiro atoms. The zero-order valence-corrected chi connectivity index (χ0v) is 15.5. The first-order valence-corrected chi connectivity index (χ1v) is 9.19. The molecule has 0 radical (unpaired) electrons. The number of carbonyl (C=O) groups is 1. The first kappa shape index (κ1) is 17.0. The van der Waals surface area contributed by atoms with E-state index >= 15 is 0 Å². The van der Waals surface area contributed by atoms with E-state index in [1.165, 1.54) is 5.56 Å². The van der Waals surface area contributed by atoms with Crippen molar-refractivity contribution in [2.45, 2.75) is 18.8 Å². The molecule has 0 bridgehead atoms. The maximum Gasteiger partial charge on any atom is 0.313 e.